The van der Waals surface area contributed by atoms with E-state index in [1.165, 1.54) is 35.3 Å². The molecule has 4 unspecified atom stereocenters. The van der Waals surface area contributed by atoms with Crippen molar-refractivity contribution in [1.82, 2.24) is 9.80 Å². The summed E-state index contributed by atoms with van der Waals surface area (Å²) >= 11 is 0. The lowest BCUT2D eigenvalue weighted by Crippen LogP contribution is -2.69. The van der Waals surface area contributed by atoms with Crippen LogP contribution in [0, 0.1) is 0 Å². The van der Waals surface area contributed by atoms with E-state index < -0.39 is 0 Å². The summed E-state index contributed by atoms with van der Waals surface area (Å²) in [6.07, 6.45) is 3.10. The third kappa shape index (κ3) is 1.47. The molecule has 4 aliphatic heterocycles. The first-order valence-electron chi connectivity index (χ1n) is 9.81. The summed E-state index contributed by atoms with van der Waals surface area (Å²) in [5.41, 5.74) is 5.86. The van der Waals surface area contributed by atoms with Crippen LogP contribution in [-0.2, 0) is 10.8 Å². The smallest absolute Gasteiger partial charge is 0.0901 e. The van der Waals surface area contributed by atoms with Gasteiger partial charge in [0, 0.05) is 35.3 Å². The van der Waals surface area contributed by atoms with Crippen molar-refractivity contribution in [3.8, 4) is 0 Å². The summed E-state index contributed by atoms with van der Waals surface area (Å²) in [7, 11) is 4.57. The zero-order valence-electron chi connectivity index (χ0n) is 15.5. The second-order valence-corrected chi connectivity index (χ2v) is 8.59. The third-order valence-electron chi connectivity index (χ3n) is 7.73. The summed E-state index contributed by atoms with van der Waals surface area (Å²) in [6, 6.07) is 18.1. The molecule has 0 amide bonds. The molecule has 2 aromatic carbocycles. The third-order valence-corrected chi connectivity index (χ3v) is 7.73. The number of likely N-dealkylation sites (N-methyl/N-ethyl adjacent to an activating group) is 2. The van der Waals surface area contributed by atoms with E-state index in [0.717, 1.165) is 13.1 Å². The highest BCUT2D eigenvalue weighted by atomic mass is 15.4. The second kappa shape index (κ2) is 4.81. The van der Waals surface area contributed by atoms with Crippen LogP contribution in [0.25, 0.3) is 0 Å². The Kier molecular flexibility index (Phi) is 2.79. The maximum atomic E-state index is 3.94. The van der Waals surface area contributed by atoms with Crippen LogP contribution < -0.4 is 10.6 Å². The molecular weight excluding hydrogens is 320 g/mol. The monoisotopic (exact) mass is 346 g/mol. The molecule has 0 radical (unpaired) electrons. The molecule has 0 aromatic heterocycles. The van der Waals surface area contributed by atoms with Crippen molar-refractivity contribution in [2.24, 2.45) is 0 Å². The molecule has 2 spiro atoms. The minimum atomic E-state index is 0.105. The van der Waals surface area contributed by atoms with Gasteiger partial charge in [-0.3, -0.25) is 9.80 Å². The molecule has 0 saturated carbocycles. The van der Waals surface area contributed by atoms with E-state index in [1.54, 1.807) is 0 Å². The summed E-state index contributed by atoms with van der Waals surface area (Å²) in [6.45, 7) is 2.27. The number of benzene rings is 2. The van der Waals surface area contributed by atoms with E-state index in [9.17, 15) is 0 Å². The molecule has 4 aliphatic rings. The van der Waals surface area contributed by atoms with Gasteiger partial charge in [0.2, 0.25) is 0 Å². The van der Waals surface area contributed by atoms with E-state index in [1.807, 2.05) is 0 Å². The Morgan fingerprint density at radius 1 is 0.731 bits per heavy atom. The Labute approximate surface area is 155 Å². The first-order chi connectivity index (χ1) is 12.7. The van der Waals surface area contributed by atoms with Crippen LogP contribution in [0.2, 0.25) is 0 Å². The minimum absolute atomic E-state index is 0.105. The fourth-order valence-corrected chi connectivity index (χ4v) is 6.73. The molecule has 4 heteroatoms. The average Bonchev–Trinajstić information content (AvgIpc) is 3.18. The second-order valence-electron chi connectivity index (χ2n) is 8.59. The number of rotatable bonds is 0. The van der Waals surface area contributed by atoms with Gasteiger partial charge in [0.1, 0.15) is 0 Å². The Balaban J connectivity index is 1.74. The van der Waals surface area contributed by atoms with Crippen molar-refractivity contribution in [3.63, 3.8) is 0 Å². The highest BCUT2D eigenvalue weighted by molar-refractivity contribution is 5.72. The van der Waals surface area contributed by atoms with Crippen LogP contribution >= 0.6 is 0 Å². The number of hydrogen-bond acceptors (Lipinski definition) is 4. The van der Waals surface area contributed by atoms with Gasteiger partial charge in [-0.05, 0) is 50.2 Å². The van der Waals surface area contributed by atoms with Crippen LogP contribution in [0.15, 0.2) is 48.5 Å². The summed E-state index contributed by atoms with van der Waals surface area (Å²) < 4.78 is 0. The fraction of sp³-hybridized carbons (Fsp3) is 0.455. The van der Waals surface area contributed by atoms with E-state index in [0.29, 0.717) is 12.3 Å². The van der Waals surface area contributed by atoms with Gasteiger partial charge in [-0.25, -0.2) is 0 Å². The lowest BCUT2D eigenvalue weighted by molar-refractivity contribution is 0.111. The van der Waals surface area contributed by atoms with Crippen molar-refractivity contribution >= 4 is 11.4 Å². The lowest BCUT2D eigenvalue weighted by Gasteiger charge is -2.61. The normalized spacial score (nSPS) is 37.6. The molecule has 6 rings (SSSR count). The summed E-state index contributed by atoms with van der Waals surface area (Å²) in [4.78, 5) is 5.07. The molecule has 2 N–H and O–H groups in total. The summed E-state index contributed by atoms with van der Waals surface area (Å²) in [5.74, 6) is 0. The largest absolute Gasteiger partial charge is 0.369 e. The maximum Gasteiger partial charge on any atom is 0.0901 e. The van der Waals surface area contributed by atoms with Gasteiger partial charge in [-0.1, -0.05) is 36.4 Å². The van der Waals surface area contributed by atoms with Crippen molar-refractivity contribution < 1.29 is 0 Å². The first kappa shape index (κ1) is 15.1. The molecule has 2 aromatic rings. The molecule has 0 bridgehead atoms. The van der Waals surface area contributed by atoms with Gasteiger partial charge >= 0.3 is 0 Å². The van der Waals surface area contributed by atoms with E-state index in [2.05, 4.69) is 83.1 Å². The number of fused-ring (bicyclic) bond motifs is 2. The molecule has 4 nitrogen and oxygen atoms in total. The molecule has 26 heavy (non-hydrogen) atoms. The quantitative estimate of drug-likeness (QED) is 0.768. The number of nitrogens with zero attached hydrogens (tertiary/aromatic N) is 2. The van der Waals surface area contributed by atoms with E-state index in [-0.39, 0.29) is 10.8 Å². The van der Waals surface area contributed by atoms with Gasteiger partial charge in [-0.15, -0.1) is 0 Å². The standard InChI is InChI=1S/C22H26N4/c1-25-13-11-21-15-7-3-6-10-18(15)24-20-22(21,12-14-26(20)2)16-8-4-5-9-17(16)23-19(21)25/h3-10,19-20,23-24H,11-14H2,1-2H3. The van der Waals surface area contributed by atoms with Gasteiger partial charge < -0.3 is 10.6 Å². The van der Waals surface area contributed by atoms with Crippen LogP contribution in [0.4, 0.5) is 11.4 Å². The van der Waals surface area contributed by atoms with Crippen LogP contribution in [0.3, 0.4) is 0 Å². The Hall–Kier alpha value is -2.04. The highest BCUT2D eigenvalue weighted by Gasteiger charge is 2.70. The van der Waals surface area contributed by atoms with Crippen LogP contribution in [0.5, 0.6) is 0 Å². The molecule has 4 heterocycles. The van der Waals surface area contributed by atoms with Crippen molar-refractivity contribution in [3.05, 3.63) is 59.7 Å². The van der Waals surface area contributed by atoms with E-state index >= 15 is 0 Å². The number of likely N-dealkylation sites (tertiary alicyclic amines) is 2. The maximum absolute atomic E-state index is 3.94. The zero-order chi connectivity index (χ0) is 17.5. The Morgan fingerprint density at radius 3 is 1.62 bits per heavy atom. The summed E-state index contributed by atoms with van der Waals surface area (Å²) in [5, 5.41) is 7.88. The van der Waals surface area contributed by atoms with Crippen molar-refractivity contribution in [2.45, 2.75) is 36.0 Å². The van der Waals surface area contributed by atoms with Crippen LogP contribution in [-0.4, -0.2) is 49.3 Å². The number of hydrogen-bond donors (Lipinski definition) is 2. The van der Waals surface area contributed by atoms with Gasteiger partial charge in [0.05, 0.1) is 12.3 Å². The Morgan fingerprint density at radius 2 is 1.15 bits per heavy atom. The van der Waals surface area contributed by atoms with Gasteiger partial charge in [0.15, 0.2) is 0 Å². The SMILES string of the molecule is CN1CCC23c4ccccc4NC4N(C)CCC42c2ccccc2NC13. The molecule has 4 atom stereocenters. The van der Waals surface area contributed by atoms with E-state index in [4.69, 9.17) is 0 Å². The van der Waals surface area contributed by atoms with Crippen molar-refractivity contribution in [2.75, 3.05) is 37.8 Å². The Bertz CT molecular complexity index is 822. The zero-order valence-corrected chi connectivity index (χ0v) is 15.5. The molecular formula is C22H26N4. The number of para-hydroxylation sites is 2. The molecule has 0 aliphatic carbocycles. The predicted octanol–water partition coefficient (Wildman–Crippen LogP) is 3.04. The molecule has 2 fully saturated rings. The number of anilines is 2. The van der Waals surface area contributed by atoms with Crippen molar-refractivity contribution in [1.29, 1.82) is 0 Å². The predicted molar refractivity (Wildman–Crippen MR) is 106 cm³/mol. The average molecular weight is 346 g/mol. The van der Waals surface area contributed by atoms with Gasteiger partial charge in [0.25, 0.3) is 0 Å². The number of nitrogens with one attached hydrogen (secondary N) is 2. The van der Waals surface area contributed by atoms with Crippen LogP contribution in [0.1, 0.15) is 24.0 Å². The van der Waals surface area contributed by atoms with Gasteiger partial charge in [-0.2, -0.15) is 0 Å². The first-order valence-corrected chi connectivity index (χ1v) is 9.81. The topological polar surface area (TPSA) is 30.5 Å². The lowest BCUT2D eigenvalue weighted by atomic mass is 9.50. The molecule has 134 valence electrons. The fourth-order valence-electron chi connectivity index (χ4n) is 6.73. The highest BCUT2D eigenvalue weighted by Crippen LogP contribution is 2.65. The molecule has 2 saturated heterocycles. The minimum Gasteiger partial charge on any atom is -0.369 e.